The van der Waals surface area contributed by atoms with Crippen LogP contribution in [-0.2, 0) is 0 Å². The molecule has 0 unspecified atom stereocenters. The molecule has 4 nitrogen and oxygen atoms in total. The molecule has 0 saturated carbocycles. The minimum Gasteiger partial charge on any atom is -0.504 e. The van der Waals surface area contributed by atoms with E-state index in [0.717, 1.165) is 5.56 Å². The normalized spacial score (nSPS) is 11.2. The Balaban J connectivity index is 1.92. The Bertz CT molecular complexity index is 972. The maximum atomic E-state index is 13.0. The fraction of sp³-hybridized carbons (Fsp3) is 0.0526. The van der Waals surface area contributed by atoms with E-state index in [1.807, 2.05) is 5.38 Å². The molecular formula is C19H13FN2O2S. The first kappa shape index (κ1) is 16.7. The monoisotopic (exact) mass is 352 g/mol. The third kappa shape index (κ3) is 3.67. The zero-order chi connectivity index (χ0) is 17.8. The van der Waals surface area contributed by atoms with Crippen molar-refractivity contribution >= 4 is 23.0 Å². The van der Waals surface area contributed by atoms with Gasteiger partial charge in [0.2, 0.25) is 0 Å². The van der Waals surface area contributed by atoms with Crippen molar-refractivity contribution in [1.29, 1.82) is 5.26 Å². The number of halogens is 1. The lowest BCUT2D eigenvalue weighted by Gasteiger charge is -2.03. The third-order valence-electron chi connectivity index (χ3n) is 3.51. The van der Waals surface area contributed by atoms with E-state index in [9.17, 15) is 14.8 Å². The molecule has 0 aliphatic heterocycles. The molecule has 1 heterocycles. The van der Waals surface area contributed by atoms with Gasteiger partial charge in [-0.3, -0.25) is 0 Å². The first-order valence-electron chi connectivity index (χ1n) is 7.31. The maximum absolute atomic E-state index is 13.0. The number of ether oxygens (including phenoxy) is 1. The van der Waals surface area contributed by atoms with Crippen LogP contribution in [0.25, 0.3) is 22.9 Å². The summed E-state index contributed by atoms with van der Waals surface area (Å²) >= 11 is 1.33. The van der Waals surface area contributed by atoms with Crippen LogP contribution >= 0.6 is 11.3 Å². The molecule has 1 aromatic heterocycles. The van der Waals surface area contributed by atoms with Crippen LogP contribution in [0.2, 0.25) is 0 Å². The summed E-state index contributed by atoms with van der Waals surface area (Å²) < 4.78 is 18.0. The molecule has 0 fully saturated rings. The van der Waals surface area contributed by atoms with Gasteiger partial charge in [0.15, 0.2) is 11.5 Å². The van der Waals surface area contributed by atoms with E-state index in [0.29, 0.717) is 27.6 Å². The lowest BCUT2D eigenvalue weighted by atomic mass is 10.1. The Labute approximate surface area is 148 Å². The number of phenols is 1. The molecule has 3 rings (SSSR count). The molecule has 3 aromatic rings. The Kier molecular flexibility index (Phi) is 4.78. The van der Waals surface area contributed by atoms with Gasteiger partial charge in [0.25, 0.3) is 0 Å². The van der Waals surface area contributed by atoms with E-state index in [1.165, 1.54) is 36.6 Å². The number of thiazole rings is 1. The molecule has 0 radical (unpaired) electrons. The van der Waals surface area contributed by atoms with Crippen molar-refractivity contribution in [2.75, 3.05) is 7.11 Å². The summed E-state index contributed by atoms with van der Waals surface area (Å²) in [5.41, 5.74) is 2.50. The molecule has 25 heavy (non-hydrogen) atoms. The van der Waals surface area contributed by atoms with Gasteiger partial charge in [-0.2, -0.15) is 5.26 Å². The summed E-state index contributed by atoms with van der Waals surface area (Å²) in [4.78, 5) is 4.45. The quantitative estimate of drug-likeness (QED) is 0.690. The zero-order valence-electron chi connectivity index (χ0n) is 13.2. The van der Waals surface area contributed by atoms with Crippen LogP contribution in [0.3, 0.4) is 0 Å². The van der Waals surface area contributed by atoms with Crippen molar-refractivity contribution < 1.29 is 14.2 Å². The average Bonchev–Trinajstić information content (AvgIpc) is 3.10. The second kappa shape index (κ2) is 7.16. The van der Waals surface area contributed by atoms with E-state index >= 15 is 0 Å². The van der Waals surface area contributed by atoms with Crippen molar-refractivity contribution in [2.45, 2.75) is 0 Å². The highest BCUT2D eigenvalue weighted by molar-refractivity contribution is 7.11. The summed E-state index contributed by atoms with van der Waals surface area (Å²) in [6, 6.07) is 13.0. The van der Waals surface area contributed by atoms with Gasteiger partial charge in [0.1, 0.15) is 16.9 Å². The number of benzene rings is 2. The summed E-state index contributed by atoms with van der Waals surface area (Å²) in [5.74, 6) is 0.0549. The lowest BCUT2D eigenvalue weighted by molar-refractivity contribution is 0.373. The highest BCUT2D eigenvalue weighted by Gasteiger charge is 2.10. The minimum atomic E-state index is -0.309. The predicted molar refractivity (Wildman–Crippen MR) is 95.7 cm³/mol. The van der Waals surface area contributed by atoms with E-state index in [4.69, 9.17) is 4.74 Å². The Morgan fingerprint density at radius 3 is 2.68 bits per heavy atom. The van der Waals surface area contributed by atoms with Gasteiger partial charge in [0, 0.05) is 10.9 Å². The van der Waals surface area contributed by atoms with Crippen LogP contribution in [0.1, 0.15) is 10.6 Å². The highest BCUT2D eigenvalue weighted by atomic mass is 32.1. The van der Waals surface area contributed by atoms with Gasteiger partial charge >= 0.3 is 0 Å². The minimum absolute atomic E-state index is 0.000296. The zero-order valence-corrected chi connectivity index (χ0v) is 14.0. The second-order valence-corrected chi connectivity index (χ2v) is 6.00. The topological polar surface area (TPSA) is 66.1 Å². The smallest absolute Gasteiger partial charge is 0.160 e. The van der Waals surface area contributed by atoms with Gasteiger partial charge in [0.05, 0.1) is 18.4 Å². The second-order valence-electron chi connectivity index (χ2n) is 5.15. The maximum Gasteiger partial charge on any atom is 0.160 e. The molecule has 0 aliphatic rings. The fourth-order valence-electron chi connectivity index (χ4n) is 2.26. The van der Waals surface area contributed by atoms with Gasteiger partial charge in [-0.05, 0) is 48.0 Å². The van der Waals surface area contributed by atoms with Crippen molar-refractivity contribution in [3.8, 4) is 28.8 Å². The molecule has 0 aliphatic carbocycles. The number of phenolic OH excluding ortho intramolecular Hbond substituents is 1. The van der Waals surface area contributed by atoms with Crippen LogP contribution in [0.4, 0.5) is 4.39 Å². The highest BCUT2D eigenvalue weighted by Crippen LogP contribution is 2.30. The van der Waals surface area contributed by atoms with Crippen LogP contribution in [0.15, 0.2) is 47.8 Å². The molecule has 0 spiro atoms. The van der Waals surface area contributed by atoms with Gasteiger partial charge in [-0.15, -0.1) is 11.3 Å². The molecular weight excluding hydrogens is 339 g/mol. The summed E-state index contributed by atoms with van der Waals surface area (Å²) in [6.45, 7) is 0. The number of aromatic hydroxyl groups is 1. The molecule has 0 amide bonds. The Hall–Kier alpha value is -3.17. The summed E-state index contributed by atoms with van der Waals surface area (Å²) in [6.07, 6.45) is 1.65. The van der Waals surface area contributed by atoms with Crippen LogP contribution < -0.4 is 4.74 Å². The largest absolute Gasteiger partial charge is 0.504 e. The van der Waals surface area contributed by atoms with Crippen molar-refractivity contribution in [3.63, 3.8) is 0 Å². The SMILES string of the molecule is COc1ccc(C=C(C#N)c2nc(-c3ccc(F)cc3)cs2)cc1O. The predicted octanol–water partition coefficient (Wildman–Crippen LogP) is 4.73. The fourth-order valence-corrected chi connectivity index (χ4v) is 3.05. The number of hydrogen-bond donors (Lipinski definition) is 1. The van der Waals surface area contributed by atoms with Crippen molar-refractivity contribution in [1.82, 2.24) is 4.98 Å². The molecule has 0 saturated heterocycles. The number of hydrogen-bond acceptors (Lipinski definition) is 5. The summed E-state index contributed by atoms with van der Waals surface area (Å²) in [5, 5.41) is 21.7. The number of methoxy groups -OCH3 is 1. The number of allylic oxidation sites excluding steroid dienone is 1. The molecule has 2 aromatic carbocycles. The average molecular weight is 352 g/mol. The van der Waals surface area contributed by atoms with E-state index in [2.05, 4.69) is 11.1 Å². The Morgan fingerprint density at radius 1 is 1.28 bits per heavy atom. The van der Waals surface area contributed by atoms with Crippen molar-refractivity contribution in [3.05, 3.63) is 64.2 Å². The molecule has 1 N–H and O–H groups in total. The van der Waals surface area contributed by atoms with E-state index in [1.54, 1.807) is 30.3 Å². The number of rotatable bonds is 4. The number of nitriles is 1. The van der Waals surface area contributed by atoms with E-state index in [-0.39, 0.29) is 11.6 Å². The number of aromatic nitrogens is 1. The van der Waals surface area contributed by atoms with Crippen LogP contribution in [-0.4, -0.2) is 17.2 Å². The third-order valence-corrected chi connectivity index (χ3v) is 4.38. The lowest BCUT2D eigenvalue weighted by Crippen LogP contribution is -1.85. The van der Waals surface area contributed by atoms with Crippen LogP contribution in [0.5, 0.6) is 11.5 Å². The Morgan fingerprint density at radius 2 is 2.04 bits per heavy atom. The molecule has 6 heteroatoms. The first-order chi connectivity index (χ1) is 12.1. The van der Waals surface area contributed by atoms with E-state index < -0.39 is 0 Å². The van der Waals surface area contributed by atoms with Gasteiger partial charge < -0.3 is 9.84 Å². The van der Waals surface area contributed by atoms with Gasteiger partial charge in [-0.1, -0.05) is 6.07 Å². The molecule has 0 atom stereocenters. The first-order valence-corrected chi connectivity index (χ1v) is 8.19. The number of nitrogens with zero attached hydrogens (tertiary/aromatic N) is 2. The van der Waals surface area contributed by atoms with Gasteiger partial charge in [-0.25, -0.2) is 9.37 Å². The standard InChI is InChI=1S/C19H13FN2O2S/c1-24-18-7-2-12(9-17(18)23)8-14(10-21)19-22-16(11-25-19)13-3-5-15(20)6-4-13/h2-9,11,23H,1H3. The van der Waals surface area contributed by atoms with Crippen LogP contribution in [0, 0.1) is 17.1 Å². The summed E-state index contributed by atoms with van der Waals surface area (Å²) in [7, 11) is 1.47. The molecule has 124 valence electrons. The van der Waals surface area contributed by atoms with Crippen molar-refractivity contribution in [2.24, 2.45) is 0 Å². The molecule has 0 bridgehead atoms.